The number of nitrogens with zero attached hydrogens (tertiary/aromatic N) is 3. The summed E-state index contributed by atoms with van der Waals surface area (Å²) in [6.45, 7) is 5.01. The van der Waals surface area contributed by atoms with Gasteiger partial charge in [-0.3, -0.25) is 14.6 Å². The lowest BCUT2D eigenvalue weighted by molar-refractivity contribution is -0.138. The van der Waals surface area contributed by atoms with Crippen LogP contribution in [0, 0.1) is 0 Å². The van der Waals surface area contributed by atoms with E-state index in [0.29, 0.717) is 32.3 Å². The highest BCUT2D eigenvalue weighted by Crippen LogP contribution is 2.32. The minimum absolute atomic E-state index is 0.0105. The Balaban J connectivity index is 1.31. The van der Waals surface area contributed by atoms with E-state index >= 15 is 0 Å². The molecule has 4 heterocycles. The lowest BCUT2D eigenvalue weighted by atomic mass is 9.96. The van der Waals surface area contributed by atoms with Gasteiger partial charge in [-0.1, -0.05) is 12.1 Å². The average molecular weight is 399 g/mol. The number of carbonyl (C=O) groups is 2. The third-order valence-electron chi connectivity index (χ3n) is 6.84. The average Bonchev–Trinajstić information content (AvgIpc) is 3.42. The van der Waals surface area contributed by atoms with Gasteiger partial charge in [0.05, 0.1) is 18.3 Å². The van der Waals surface area contributed by atoms with Crippen LogP contribution in [-0.2, 0) is 27.2 Å². The Kier molecular flexibility index (Phi) is 5.18. The number of hydrogen-bond donors (Lipinski definition) is 0. The van der Waals surface area contributed by atoms with E-state index in [4.69, 9.17) is 9.47 Å². The Labute approximate surface area is 171 Å². The van der Waals surface area contributed by atoms with Crippen molar-refractivity contribution in [2.45, 2.75) is 50.7 Å². The van der Waals surface area contributed by atoms with Crippen molar-refractivity contribution in [1.29, 1.82) is 0 Å². The molecule has 0 spiro atoms. The number of carbonyl (C=O) groups excluding carboxylic acids is 2. The third kappa shape index (κ3) is 3.51. The number of likely N-dealkylation sites (tertiary alicyclic amines) is 1. The van der Waals surface area contributed by atoms with E-state index in [0.717, 1.165) is 63.1 Å². The molecular formula is C22H29N3O4. The zero-order valence-electron chi connectivity index (χ0n) is 16.8. The quantitative estimate of drug-likeness (QED) is 0.780. The van der Waals surface area contributed by atoms with Gasteiger partial charge in [0, 0.05) is 32.3 Å². The molecule has 7 heteroatoms. The Morgan fingerprint density at radius 1 is 1.03 bits per heavy atom. The van der Waals surface area contributed by atoms with Gasteiger partial charge < -0.3 is 14.4 Å². The van der Waals surface area contributed by atoms with Gasteiger partial charge >= 0.3 is 6.09 Å². The summed E-state index contributed by atoms with van der Waals surface area (Å²) in [4.78, 5) is 31.6. The molecule has 3 fully saturated rings. The van der Waals surface area contributed by atoms with Crippen LogP contribution in [0.1, 0.15) is 36.8 Å². The number of benzene rings is 1. The second kappa shape index (κ2) is 7.95. The summed E-state index contributed by atoms with van der Waals surface area (Å²) in [6.07, 6.45) is 4.63. The van der Waals surface area contributed by atoms with E-state index in [-0.39, 0.29) is 18.0 Å². The van der Waals surface area contributed by atoms with Crippen LogP contribution in [-0.4, -0.2) is 73.3 Å². The fourth-order valence-corrected chi connectivity index (χ4v) is 5.36. The minimum Gasteiger partial charge on any atom is -0.447 e. The van der Waals surface area contributed by atoms with Crippen LogP contribution >= 0.6 is 0 Å². The Morgan fingerprint density at radius 2 is 1.90 bits per heavy atom. The highest BCUT2D eigenvalue weighted by molar-refractivity contribution is 5.91. The van der Waals surface area contributed by atoms with Gasteiger partial charge in [0.2, 0.25) is 5.91 Å². The van der Waals surface area contributed by atoms with Crippen molar-refractivity contribution in [3.05, 3.63) is 29.3 Å². The molecule has 29 heavy (non-hydrogen) atoms. The number of amides is 2. The molecule has 1 atom stereocenters. The second-order valence-electron chi connectivity index (χ2n) is 8.43. The number of fused-ring (bicyclic) bond motifs is 1. The highest BCUT2D eigenvalue weighted by Gasteiger charge is 2.39. The molecule has 0 aliphatic carbocycles. The third-order valence-corrected chi connectivity index (χ3v) is 6.84. The maximum Gasteiger partial charge on any atom is 0.414 e. The van der Waals surface area contributed by atoms with E-state index < -0.39 is 0 Å². The predicted octanol–water partition coefficient (Wildman–Crippen LogP) is 2.17. The van der Waals surface area contributed by atoms with E-state index in [2.05, 4.69) is 11.0 Å². The largest absolute Gasteiger partial charge is 0.447 e. The van der Waals surface area contributed by atoms with Gasteiger partial charge in [0.25, 0.3) is 0 Å². The molecule has 0 aromatic heterocycles. The van der Waals surface area contributed by atoms with Crippen molar-refractivity contribution in [2.24, 2.45) is 0 Å². The van der Waals surface area contributed by atoms with Crippen LogP contribution in [0.3, 0.4) is 0 Å². The number of anilines is 1. The summed E-state index contributed by atoms with van der Waals surface area (Å²) in [5, 5.41) is 0. The zero-order chi connectivity index (χ0) is 19.8. The molecule has 1 aromatic rings. The van der Waals surface area contributed by atoms with Crippen molar-refractivity contribution in [3.63, 3.8) is 0 Å². The van der Waals surface area contributed by atoms with Crippen LogP contribution in [0.4, 0.5) is 10.5 Å². The fourth-order valence-electron chi connectivity index (χ4n) is 5.36. The summed E-state index contributed by atoms with van der Waals surface area (Å²) in [6, 6.07) is 6.55. The highest BCUT2D eigenvalue weighted by atomic mass is 16.6. The van der Waals surface area contributed by atoms with Crippen LogP contribution < -0.4 is 4.90 Å². The molecule has 5 rings (SSSR count). The molecule has 7 nitrogen and oxygen atoms in total. The number of cyclic esters (lactones) is 1. The second-order valence-corrected chi connectivity index (χ2v) is 8.43. The smallest absolute Gasteiger partial charge is 0.414 e. The topological polar surface area (TPSA) is 62.3 Å². The Morgan fingerprint density at radius 3 is 2.69 bits per heavy atom. The standard InChI is InChI=1S/C22H29N3O4/c26-21(20-5-2-9-24(20)17-7-12-28-13-8-17)23-10-6-18-16(15-23)3-1-4-19(18)25-11-14-29-22(25)27/h1,3-4,17,20H,2,5-15H2/t20-/m0/s1. The van der Waals surface area contributed by atoms with E-state index in [1.165, 1.54) is 5.56 Å². The lowest BCUT2D eigenvalue weighted by Crippen LogP contribution is -2.51. The first-order chi connectivity index (χ1) is 14.2. The van der Waals surface area contributed by atoms with Crippen molar-refractivity contribution in [2.75, 3.05) is 44.4 Å². The van der Waals surface area contributed by atoms with Gasteiger partial charge in [-0.2, -0.15) is 0 Å². The summed E-state index contributed by atoms with van der Waals surface area (Å²) >= 11 is 0. The van der Waals surface area contributed by atoms with Gasteiger partial charge in [-0.25, -0.2) is 4.79 Å². The maximum atomic E-state index is 13.4. The molecule has 0 N–H and O–H groups in total. The molecule has 0 bridgehead atoms. The number of ether oxygens (including phenoxy) is 2. The lowest BCUT2D eigenvalue weighted by Gasteiger charge is -2.38. The molecule has 4 aliphatic heterocycles. The van der Waals surface area contributed by atoms with Crippen molar-refractivity contribution in [1.82, 2.24) is 9.80 Å². The van der Waals surface area contributed by atoms with Gasteiger partial charge in [-0.05, 0) is 55.8 Å². The summed E-state index contributed by atoms with van der Waals surface area (Å²) in [7, 11) is 0. The van der Waals surface area contributed by atoms with Gasteiger partial charge in [0.15, 0.2) is 0 Å². The number of rotatable bonds is 3. The van der Waals surface area contributed by atoms with E-state index in [1.54, 1.807) is 4.90 Å². The van der Waals surface area contributed by atoms with Crippen molar-refractivity contribution < 1.29 is 19.1 Å². The molecule has 0 unspecified atom stereocenters. The van der Waals surface area contributed by atoms with Crippen molar-refractivity contribution in [3.8, 4) is 0 Å². The minimum atomic E-state index is -0.269. The molecule has 2 amide bonds. The molecule has 0 saturated carbocycles. The molecule has 0 radical (unpaired) electrons. The summed E-state index contributed by atoms with van der Waals surface area (Å²) in [5.41, 5.74) is 3.28. The van der Waals surface area contributed by atoms with Crippen LogP contribution in [0.2, 0.25) is 0 Å². The molecule has 156 valence electrons. The number of hydrogen-bond acceptors (Lipinski definition) is 5. The maximum absolute atomic E-state index is 13.4. The molecule has 3 saturated heterocycles. The first-order valence-corrected chi connectivity index (χ1v) is 10.9. The Bertz CT molecular complexity index is 792. The SMILES string of the molecule is O=C([C@@H]1CCCN1C1CCOCC1)N1CCc2c(cccc2N2CCOC2=O)C1. The fraction of sp³-hybridized carbons (Fsp3) is 0.636. The zero-order valence-corrected chi connectivity index (χ0v) is 16.8. The van der Waals surface area contributed by atoms with Gasteiger partial charge in [0.1, 0.15) is 6.61 Å². The summed E-state index contributed by atoms with van der Waals surface area (Å²) in [5.74, 6) is 0.269. The normalized spacial score (nSPS) is 25.9. The first kappa shape index (κ1) is 18.9. The molecular weight excluding hydrogens is 370 g/mol. The Hall–Kier alpha value is -2.12. The molecule has 1 aromatic carbocycles. The van der Waals surface area contributed by atoms with E-state index in [9.17, 15) is 9.59 Å². The molecule has 4 aliphatic rings. The summed E-state index contributed by atoms with van der Waals surface area (Å²) < 4.78 is 10.6. The van der Waals surface area contributed by atoms with Crippen LogP contribution in [0.15, 0.2) is 18.2 Å². The van der Waals surface area contributed by atoms with Crippen LogP contribution in [0.5, 0.6) is 0 Å². The first-order valence-electron chi connectivity index (χ1n) is 10.9. The van der Waals surface area contributed by atoms with Crippen LogP contribution in [0.25, 0.3) is 0 Å². The van der Waals surface area contributed by atoms with Gasteiger partial charge in [-0.15, -0.1) is 0 Å². The van der Waals surface area contributed by atoms with E-state index in [1.807, 2.05) is 17.0 Å². The van der Waals surface area contributed by atoms with Crippen molar-refractivity contribution >= 4 is 17.7 Å². The monoisotopic (exact) mass is 399 g/mol. The predicted molar refractivity (Wildman–Crippen MR) is 108 cm³/mol.